The monoisotopic (exact) mass is 284 g/mol. The molecule has 1 fully saturated rings. The molecule has 1 saturated carbocycles. The van der Waals surface area contributed by atoms with E-state index in [-0.39, 0.29) is 6.04 Å². The smallest absolute Gasteiger partial charge is 0.0390 e. The zero-order valence-electron chi connectivity index (χ0n) is 11.6. The summed E-state index contributed by atoms with van der Waals surface area (Å²) in [6.45, 7) is 0. The lowest BCUT2D eigenvalue weighted by molar-refractivity contribution is 0.510. The van der Waals surface area contributed by atoms with E-state index in [0.29, 0.717) is 5.92 Å². The summed E-state index contributed by atoms with van der Waals surface area (Å²) < 4.78 is 0. The number of pyridine rings is 1. The van der Waals surface area contributed by atoms with Gasteiger partial charge in [0.25, 0.3) is 0 Å². The number of nitrogens with two attached hydrogens (primary N) is 1. The first-order chi connectivity index (χ1) is 9.74. The van der Waals surface area contributed by atoms with Crippen LogP contribution in [-0.2, 0) is 6.42 Å². The van der Waals surface area contributed by atoms with E-state index in [9.17, 15) is 0 Å². The van der Waals surface area contributed by atoms with Crippen LogP contribution in [0.1, 0.15) is 31.2 Å². The van der Waals surface area contributed by atoms with E-state index in [0.717, 1.165) is 11.3 Å². The zero-order chi connectivity index (χ0) is 13.9. The number of thiocarbonyl (C=S) groups is 1. The molecule has 0 amide bonds. The number of rotatable bonds is 4. The first kappa shape index (κ1) is 13.7. The standard InChI is InChI=1S/C17H20N2S/c18-17(13-3-1-2-4-13)16(20)10-12-5-6-15-11-19-8-7-14(15)9-12/h5-9,11,13,17H,1-4,10,18H2/t17-/m1/s1. The van der Waals surface area contributed by atoms with E-state index in [4.69, 9.17) is 18.0 Å². The summed E-state index contributed by atoms with van der Waals surface area (Å²) in [7, 11) is 0. The molecular weight excluding hydrogens is 264 g/mol. The van der Waals surface area contributed by atoms with Gasteiger partial charge in [0.05, 0.1) is 0 Å². The molecule has 104 valence electrons. The Morgan fingerprint density at radius 2 is 2.05 bits per heavy atom. The van der Waals surface area contributed by atoms with Crippen LogP contribution in [0.2, 0.25) is 0 Å². The lowest BCUT2D eigenvalue weighted by Gasteiger charge is -2.20. The van der Waals surface area contributed by atoms with E-state index in [2.05, 4.69) is 23.2 Å². The summed E-state index contributed by atoms with van der Waals surface area (Å²) in [5, 5.41) is 2.39. The third-order valence-corrected chi connectivity index (χ3v) is 4.78. The lowest BCUT2D eigenvalue weighted by atomic mass is 9.92. The number of hydrogen-bond donors (Lipinski definition) is 1. The van der Waals surface area contributed by atoms with Crippen LogP contribution in [0.5, 0.6) is 0 Å². The maximum absolute atomic E-state index is 6.33. The molecule has 1 atom stereocenters. The van der Waals surface area contributed by atoms with Gasteiger partial charge >= 0.3 is 0 Å². The average molecular weight is 284 g/mol. The van der Waals surface area contributed by atoms with Crippen LogP contribution in [0.3, 0.4) is 0 Å². The highest BCUT2D eigenvalue weighted by Crippen LogP contribution is 2.28. The second-order valence-electron chi connectivity index (χ2n) is 5.77. The van der Waals surface area contributed by atoms with Gasteiger partial charge in [-0.15, -0.1) is 0 Å². The predicted molar refractivity (Wildman–Crippen MR) is 88.0 cm³/mol. The molecule has 1 aromatic carbocycles. The largest absolute Gasteiger partial charge is 0.323 e. The van der Waals surface area contributed by atoms with Crippen molar-refractivity contribution in [2.75, 3.05) is 0 Å². The van der Waals surface area contributed by atoms with Crippen molar-refractivity contribution in [1.82, 2.24) is 4.98 Å². The van der Waals surface area contributed by atoms with Crippen molar-refractivity contribution in [1.29, 1.82) is 0 Å². The first-order valence-electron chi connectivity index (χ1n) is 7.35. The van der Waals surface area contributed by atoms with Crippen LogP contribution in [0.15, 0.2) is 36.7 Å². The number of nitrogens with zero attached hydrogens (tertiary/aromatic N) is 1. The van der Waals surface area contributed by atoms with Gasteiger partial charge in [-0.25, -0.2) is 0 Å². The minimum absolute atomic E-state index is 0.0839. The molecule has 20 heavy (non-hydrogen) atoms. The fraction of sp³-hybridized carbons (Fsp3) is 0.412. The molecule has 1 aliphatic carbocycles. The summed E-state index contributed by atoms with van der Waals surface area (Å²) in [5.41, 5.74) is 7.58. The topological polar surface area (TPSA) is 38.9 Å². The van der Waals surface area contributed by atoms with Crippen molar-refractivity contribution in [3.8, 4) is 0 Å². The molecule has 0 spiro atoms. The Morgan fingerprint density at radius 1 is 1.25 bits per heavy atom. The molecule has 3 heteroatoms. The maximum atomic E-state index is 6.33. The molecule has 0 unspecified atom stereocenters. The highest BCUT2D eigenvalue weighted by atomic mass is 32.1. The lowest BCUT2D eigenvalue weighted by Crippen LogP contribution is -2.36. The Morgan fingerprint density at radius 3 is 2.85 bits per heavy atom. The predicted octanol–water partition coefficient (Wildman–Crippen LogP) is 3.66. The van der Waals surface area contributed by atoms with E-state index in [1.165, 1.54) is 42.0 Å². The number of hydrogen-bond acceptors (Lipinski definition) is 3. The summed E-state index contributed by atoms with van der Waals surface area (Å²) in [6, 6.07) is 8.57. The Kier molecular flexibility index (Phi) is 4.08. The van der Waals surface area contributed by atoms with Crippen LogP contribution < -0.4 is 5.73 Å². The van der Waals surface area contributed by atoms with Crippen molar-refractivity contribution in [3.05, 3.63) is 42.2 Å². The minimum atomic E-state index is 0.0839. The van der Waals surface area contributed by atoms with Crippen LogP contribution in [0, 0.1) is 5.92 Å². The third kappa shape index (κ3) is 2.89. The summed E-state index contributed by atoms with van der Waals surface area (Å²) in [6.07, 6.45) is 9.63. The molecule has 2 N–H and O–H groups in total. The molecule has 1 aromatic heterocycles. The molecule has 3 rings (SSSR count). The number of benzene rings is 1. The third-order valence-electron chi connectivity index (χ3n) is 4.36. The first-order valence-corrected chi connectivity index (χ1v) is 7.76. The van der Waals surface area contributed by atoms with Gasteiger partial charge in [-0.2, -0.15) is 0 Å². The molecule has 1 heterocycles. The Balaban J connectivity index is 1.73. The quantitative estimate of drug-likeness (QED) is 0.871. The molecule has 0 bridgehead atoms. The summed E-state index contributed by atoms with van der Waals surface area (Å²) >= 11 is 5.58. The van der Waals surface area contributed by atoms with Crippen molar-refractivity contribution in [2.24, 2.45) is 11.7 Å². The number of aromatic nitrogens is 1. The normalized spacial score (nSPS) is 17.4. The molecule has 2 aromatic rings. The van der Waals surface area contributed by atoms with Gasteiger partial charge in [0.2, 0.25) is 0 Å². The van der Waals surface area contributed by atoms with Crippen molar-refractivity contribution >= 4 is 27.9 Å². The Labute approximate surface area is 125 Å². The molecule has 1 aliphatic rings. The van der Waals surface area contributed by atoms with E-state index >= 15 is 0 Å². The summed E-state index contributed by atoms with van der Waals surface area (Å²) in [4.78, 5) is 5.14. The maximum Gasteiger partial charge on any atom is 0.0390 e. The molecule has 0 saturated heterocycles. The van der Waals surface area contributed by atoms with Crippen molar-refractivity contribution in [2.45, 2.75) is 38.1 Å². The SMILES string of the molecule is N[C@@H](C(=S)Cc1ccc2cnccc2c1)C1CCCC1. The fourth-order valence-electron chi connectivity index (χ4n) is 3.14. The van der Waals surface area contributed by atoms with Gasteiger partial charge in [0.15, 0.2) is 0 Å². The molecule has 0 aliphatic heterocycles. The Hall–Kier alpha value is -1.32. The molecule has 2 nitrogen and oxygen atoms in total. The van der Waals surface area contributed by atoms with Gasteiger partial charge in [0.1, 0.15) is 0 Å². The average Bonchev–Trinajstić information content (AvgIpc) is 3.00. The van der Waals surface area contributed by atoms with Gasteiger partial charge < -0.3 is 5.73 Å². The van der Waals surface area contributed by atoms with Gasteiger partial charge in [0, 0.05) is 35.1 Å². The number of fused-ring (bicyclic) bond motifs is 1. The van der Waals surface area contributed by atoms with E-state index < -0.39 is 0 Å². The van der Waals surface area contributed by atoms with E-state index in [1.807, 2.05) is 18.5 Å². The van der Waals surface area contributed by atoms with Crippen molar-refractivity contribution < 1.29 is 0 Å². The van der Waals surface area contributed by atoms with Crippen LogP contribution in [0.4, 0.5) is 0 Å². The summed E-state index contributed by atoms with van der Waals surface area (Å²) in [5.74, 6) is 0.604. The Bertz CT molecular complexity index is 617. The molecule has 0 radical (unpaired) electrons. The fourth-order valence-corrected chi connectivity index (χ4v) is 3.50. The van der Waals surface area contributed by atoms with Gasteiger partial charge in [-0.1, -0.05) is 43.3 Å². The van der Waals surface area contributed by atoms with Crippen LogP contribution in [0.25, 0.3) is 10.8 Å². The van der Waals surface area contributed by atoms with Gasteiger partial charge in [-0.05, 0) is 35.8 Å². The second-order valence-corrected chi connectivity index (χ2v) is 6.29. The van der Waals surface area contributed by atoms with E-state index in [1.54, 1.807) is 0 Å². The minimum Gasteiger partial charge on any atom is -0.323 e. The van der Waals surface area contributed by atoms with Crippen LogP contribution in [-0.4, -0.2) is 15.9 Å². The highest BCUT2D eigenvalue weighted by molar-refractivity contribution is 7.80. The van der Waals surface area contributed by atoms with Gasteiger partial charge in [-0.3, -0.25) is 4.98 Å². The molecular formula is C17H20N2S. The van der Waals surface area contributed by atoms with Crippen LogP contribution >= 0.6 is 12.2 Å². The zero-order valence-corrected chi connectivity index (χ0v) is 12.4. The highest BCUT2D eigenvalue weighted by Gasteiger charge is 2.24. The van der Waals surface area contributed by atoms with Crippen molar-refractivity contribution in [3.63, 3.8) is 0 Å². The second kappa shape index (κ2) is 5.98.